The number of rotatable bonds is 4. The van der Waals surface area contributed by atoms with Crippen molar-refractivity contribution >= 4 is 114 Å². The summed E-state index contributed by atoms with van der Waals surface area (Å²) in [6.07, 6.45) is -0.660. The molecule has 56 heavy (non-hydrogen) atoms. The van der Waals surface area contributed by atoms with Crippen molar-refractivity contribution in [3.05, 3.63) is 130 Å². The number of aliphatic imine (C=N–C) groups is 2. The number of allylic oxidation sites excluding steroid dienone is 4. The van der Waals surface area contributed by atoms with Gasteiger partial charge in [0.25, 0.3) is 0 Å². The summed E-state index contributed by atoms with van der Waals surface area (Å²) in [6.45, 7) is 0.000666. The van der Waals surface area contributed by atoms with E-state index in [-0.39, 0.29) is 40.3 Å². The van der Waals surface area contributed by atoms with Gasteiger partial charge >= 0.3 is 6.09 Å². The number of fused-ring (bicyclic) bond motifs is 7. The summed E-state index contributed by atoms with van der Waals surface area (Å²) in [5.41, 5.74) is 3.26. The van der Waals surface area contributed by atoms with Crippen LogP contribution in [0, 0.1) is 45.3 Å². The number of ether oxygens (including phenoxy) is 1. The van der Waals surface area contributed by atoms with E-state index in [4.69, 9.17) is 14.7 Å². The molecule has 4 aromatic heterocycles. The van der Waals surface area contributed by atoms with Crippen molar-refractivity contribution in [1.82, 2.24) is 4.57 Å². The zero-order valence-corrected chi connectivity index (χ0v) is 30.8. The molecule has 9 rings (SSSR count). The Morgan fingerprint density at radius 3 is 1.68 bits per heavy atom. The summed E-state index contributed by atoms with van der Waals surface area (Å²) in [5, 5.41) is 39.9. The zero-order valence-electron chi connectivity index (χ0n) is 28.4. The second-order valence-electron chi connectivity index (χ2n) is 12.3. The van der Waals surface area contributed by atoms with Crippen molar-refractivity contribution in [3.8, 4) is 24.3 Å². The van der Waals surface area contributed by atoms with Crippen LogP contribution in [0.4, 0.5) is 14.8 Å². The number of nitriles is 4. The number of aromatic nitrogens is 1. The molecule has 0 aliphatic heterocycles. The van der Waals surface area contributed by atoms with Crippen LogP contribution in [-0.2, 0) is 11.3 Å². The number of ketones is 2. The van der Waals surface area contributed by atoms with Crippen molar-refractivity contribution in [1.29, 1.82) is 21.0 Å². The molecule has 0 spiro atoms. The average Bonchev–Trinajstić information content (AvgIpc) is 4.05. The molecule has 0 unspecified atom stereocenters. The van der Waals surface area contributed by atoms with E-state index in [2.05, 4.69) is 0 Å². The molecule has 0 N–H and O–H groups in total. The first-order valence-electron chi connectivity index (χ1n) is 16.6. The lowest BCUT2D eigenvalue weighted by Gasteiger charge is -2.07. The molecule has 2 aliphatic carbocycles. The minimum absolute atomic E-state index is 0.000666. The van der Waals surface area contributed by atoms with Gasteiger partial charge in [-0.05, 0) is 28.8 Å². The first kappa shape index (κ1) is 34.2. The van der Waals surface area contributed by atoms with Gasteiger partial charge in [0.1, 0.15) is 63.5 Å². The van der Waals surface area contributed by atoms with Crippen molar-refractivity contribution in [3.63, 3.8) is 0 Å². The second-order valence-corrected chi connectivity index (χ2v) is 15.5. The molecule has 262 valence electrons. The van der Waals surface area contributed by atoms with Gasteiger partial charge in [-0.3, -0.25) is 9.59 Å². The standard InChI is InChI=1S/C42H17N7O4S3/c43-16-22(17-44)32-24-10-4-6-12-26(24)37(50)34(32)47-30-14-28-39(55-30)41-36(49(28)42(52)53-20-21-8-2-1-3-9-21)40-29(54-41)15-31(56-40)48-35-33(23(18-45)19-46)25-11-5-7-13-27(25)38(35)51/h1-15H,20H2/b47-34-,48-35-. The fourth-order valence-corrected chi connectivity index (χ4v) is 10.5. The van der Waals surface area contributed by atoms with Crippen LogP contribution in [0.2, 0.25) is 0 Å². The van der Waals surface area contributed by atoms with Crippen LogP contribution in [0.15, 0.2) is 112 Å². The van der Waals surface area contributed by atoms with Crippen LogP contribution in [0.5, 0.6) is 0 Å². The molecule has 14 heteroatoms. The number of nitrogens with zero attached hydrogens (tertiary/aromatic N) is 7. The highest BCUT2D eigenvalue weighted by Crippen LogP contribution is 2.50. The largest absolute Gasteiger partial charge is 0.444 e. The molecule has 3 aromatic carbocycles. The molecule has 11 nitrogen and oxygen atoms in total. The minimum Gasteiger partial charge on any atom is -0.444 e. The quantitative estimate of drug-likeness (QED) is 0.158. The molecule has 2 aliphatic rings. The Hall–Kier alpha value is -7.59. The van der Waals surface area contributed by atoms with E-state index < -0.39 is 17.7 Å². The third-order valence-corrected chi connectivity index (χ3v) is 12.7. The normalized spacial score (nSPS) is 14.6. The molecule has 0 amide bonds. The second kappa shape index (κ2) is 13.4. The highest BCUT2D eigenvalue weighted by molar-refractivity contribution is 7.37. The van der Waals surface area contributed by atoms with Crippen LogP contribution in [0.3, 0.4) is 0 Å². The molecule has 0 bridgehead atoms. The molecule has 0 saturated heterocycles. The lowest BCUT2D eigenvalue weighted by molar-refractivity contribution is 0.106. The number of hydrogen-bond acceptors (Lipinski definition) is 13. The first-order valence-corrected chi connectivity index (χ1v) is 19.1. The predicted molar refractivity (Wildman–Crippen MR) is 215 cm³/mol. The third kappa shape index (κ3) is 5.22. The van der Waals surface area contributed by atoms with Crippen LogP contribution in [-0.4, -0.2) is 33.7 Å². The van der Waals surface area contributed by atoms with Gasteiger partial charge in [0.15, 0.2) is 0 Å². The van der Waals surface area contributed by atoms with Gasteiger partial charge < -0.3 is 4.74 Å². The Bertz CT molecular complexity index is 3220. The van der Waals surface area contributed by atoms with Crippen LogP contribution >= 0.6 is 34.0 Å². The van der Waals surface area contributed by atoms with E-state index in [0.717, 1.165) is 15.0 Å². The maximum atomic E-state index is 14.1. The number of carbonyl (C=O) groups is 3. The van der Waals surface area contributed by atoms with Crippen molar-refractivity contribution < 1.29 is 19.1 Å². The van der Waals surface area contributed by atoms with Gasteiger partial charge in [-0.1, -0.05) is 78.9 Å². The number of carbonyl (C=O) groups excluding carboxylic acids is 3. The Labute approximate surface area is 328 Å². The van der Waals surface area contributed by atoms with Gasteiger partial charge in [-0.2, -0.15) is 21.0 Å². The molecular formula is C42H17N7O4S3. The number of benzene rings is 3. The maximum Gasteiger partial charge on any atom is 0.419 e. The van der Waals surface area contributed by atoms with E-state index in [1.54, 1.807) is 60.7 Å². The van der Waals surface area contributed by atoms with E-state index in [1.165, 1.54) is 38.6 Å². The molecule has 0 radical (unpaired) electrons. The molecule has 0 atom stereocenters. The van der Waals surface area contributed by atoms with E-state index in [0.29, 0.717) is 52.7 Å². The summed E-state index contributed by atoms with van der Waals surface area (Å²) in [6, 6.07) is 33.8. The van der Waals surface area contributed by atoms with E-state index in [9.17, 15) is 35.4 Å². The molecular weight excluding hydrogens is 763 g/mol. The SMILES string of the molecule is N#CC(C#N)=C1/C(=N/c2cc3c(s2)c2sc4cc(/N=C5\C(=O)c6ccccc6C5=C(C#N)C#N)sc4c2n3C(=O)OCc2ccccc2)C(=O)c2ccccc21. The molecule has 0 fully saturated rings. The van der Waals surface area contributed by atoms with Gasteiger partial charge in [-0.15, -0.1) is 34.0 Å². The highest BCUT2D eigenvalue weighted by atomic mass is 32.1. The van der Waals surface area contributed by atoms with Gasteiger partial charge in [-0.25, -0.2) is 19.3 Å². The van der Waals surface area contributed by atoms with Gasteiger partial charge in [0.05, 0.1) is 29.8 Å². The van der Waals surface area contributed by atoms with Crippen LogP contribution in [0.1, 0.15) is 37.4 Å². The average molecular weight is 780 g/mol. The molecule has 7 aromatic rings. The summed E-state index contributed by atoms with van der Waals surface area (Å²) in [5.74, 6) is -0.821. The van der Waals surface area contributed by atoms with Crippen molar-refractivity contribution in [2.75, 3.05) is 0 Å². The number of thiophene rings is 3. The first-order chi connectivity index (χ1) is 27.3. The van der Waals surface area contributed by atoms with Crippen LogP contribution in [0.25, 0.3) is 41.0 Å². The fourth-order valence-electron chi connectivity index (χ4n) is 6.87. The molecule has 0 saturated carbocycles. The Kier molecular flexibility index (Phi) is 8.16. The summed E-state index contributed by atoms with van der Waals surface area (Å²) >= 11 is 3.89. The minimum atomic E-state index is -0.660. The summed E-state index contributed by atoms with van der Waals surface area (Å²) < 4.78 is 10.2. The van der Waals surface area contributed by atoms with E-state index >= 15 is 0 Å². The fraction of sp³-hybridized carbons (Fsp3) is 0.0238. The Morgan fingerprint density at radius 1 is 0.625 bits per heavy atom. The molecule has 4 heterocycles. The summed E-state index contributed by atoms with van der Waals surface area (Å²) in [7, 11) is 0. The van der Waals surface area contributed by atoms with Crippen molar-refractivity contribution in [2.24, 2.45) is 9.98 Å². The lowest BCUT2D eigenvalue weighted by atomic mass is 10.0. The Balaban J connectivity index is 1.21. The topological polar surface area (TPSA) is 185 Å². The highest BCUT2D eigenvalue weighted by Gasteiger charge is 2.36. The number of Topliss-reactive ketones (excluding diaryl/α,β-unsaturated/α-hetero) is 2. The third-order valence-electron chi connectivity index (χ3n) is 9.26. The summed E-state index contributed by atoms with van der Waals surface area (Å²) in [4.78, 5) is 50.7. The zero-order chi connectivity index (χ0) is 38.7. The smallest absolute Gasteiger partial charge is 0.419 e. The van der Waals surface area contributed by atoms with Gasteiger partial charge in [0.2, 0.25) is 11.6 Å². The number of hydrogen-bond donors (Lipinski definition) is 0. The predicted octanol–water partition coefficient (Wildman–Crippen LogP) is 9.86. The van der Waals surface area contributed by atoms with Gasteiger partial charge in [0, 0.05) is 22.3 Å². The van der Waals surface area contributed by atoms with Crippen LogP contribution < -0.4 is 0 Å². The van der Waals surface area contributed by atoms with Crippen molar-refractivity contribution in [2.45, 2.75) is 6.61 Å². The maximum absolute atomic E-state index is 14.1. The monoisotopic (exact) mass is 779 g/mol. The lowest BCUT2D eigenvalue weighted by Crippen LogP contribution is -2.13. The Morgan fingerprint density at radius 2 is 1.12 bits per heavy atom. The van der Waals surface area contributed by atoms with E-state index in [1.807, 2.05) is 54.6 Å².